The number of unbranched alkanes of at least 4 members (excludes halogenated alkanes) is 1. The Kier molecular flexibility index (Phi) is 19.5. The summed E-state index contributed by atoms with van der Waals surface area (Å²) < 4.78 is 26.2. The fraction of sp³-hybridized carbons (Fsp3) is 0.625. The maximum atomic E-state index is 13.4. The highest BCUT2D eigenvalue weighted by Gasteiger charge is 2.39. The van der Waals surface area contributed by atoms with E-state index in [4.69, 9.17) is 34.1 Å². The third kappa shape index (κ3) is 19.0. The minimum Gasteiger partial charge on any atom is -0.465 e. The van der Waals surface area contributed by atoms with Crippen LogP contribution in [0, 0.1) is 26.1 Å². The lowest BCUT2D eigenvalue weighted by molar-refractivity contribution is -0.764. The summed E-state index contributed by atoms with van der Waals surface area (Å²) in [5, 5.41) is 37.4. The molecule has 0 aromatic heterocycles. The van der Waals surface area contributed by atoms with Gasteiger partial charge >= 0.3 is 29.8 Å². The van der Waals surface area contributed by atoms with E-state index in [9.17, 15) is 49.0 Å². The molecule has 0 radical (unpaired) electrons. The van der Waals surface area contributed by atoms with Crippen LogP contribution in [0.3, 0.4) is 0 Å². The zero-order valence-electron chi connectivity index (χ0n) is 31.7. The van der Waals surface area contributed by atoms with Crippen LogP contribution in [0.15, 0.2) is 24.3 Å². The summed E-state index contributed by atoms with van der Waals surface area (Å²) >= 11 is 0. The molecule has 3 N–H and O–H groups in total. The van der Waals surface area contributed by atoms with Gasteiger partial charge in [0.05, 0.1) is 30.9 Å². The van der Waals surface area contributed by atoms with Crippen LogP contribution in [0.4, 0.5) is 0 Å². The van der Waals surface area contributed by atoms with Gasteiger partial charge in [0.15, 0.2) is 12.7 Å². The first-order valence-corrected chi connectivity index (χ1v) is 16.7. The summed E-state index contributed by atoms with van der Waals surface area (Å²) in [6.45, 7) is 8.25. The molecule has 0 fully saturated rings. The fourth-order valence-electron chi connectivity index (χ4n) is 4.24. The number of nitrogens with one attached hydrogen (secondary N) is 1. The first-order valence-electron chi connectivity index (χ1n) is 16.7. The SMILES string of the molecule is CC(OC(=O)C(C)O[N+](=O)[O-])C(=O)Oc1ccc(CC(NC(=O)CO[N+](=O)[O-])C(=O)OC(C)(C)CC(=O)OC(C)(C)C(C)C(=O)OCCCCON(O)O)cc1. The quantitative estimate of drug-likeness (QED) is 0.0313. The minimum absolute atomic E-state index is 0.0194. The van der Waals surface area contributed by atoms with Gasteiger partial charge in [-0.15, -0.1) is 20.2 Å². The van der Waals surface area contributed by atoms with Gasteiger partial charge in [0.2, 0.25) is 12.0 Å². The molecule has 1 amide bonds. The number of carbonyl (C=O) groups is 6. The first-order chi connectivity index (χ1) is 25.9. The van der Waals surface area contributed by atoms with Gasteiger partial charge in [0, 0.05) is 6.42 Å². The van der Waals surface area contributed by atoms with Crippen LogP contribution in [0.1, 0.15) is 73.3 Å². The molecule has 314 valence electrons. The number of hydrogen-bond acceptors (Lipinski definition) is 21. The molecule has 4 unspecified atom stereocenters. The zero-order chi connectivity index (χ0) is 42.8. The fourth-order valence-corrected chi connectivity index (χ4v) is 4.24. The average Bonchev–Trinajstić information content (AvgIpc) is 3.07. The largest absolute Gasteiger partial charge is 0.465 e. The second-order valence-electron chi connectivity index (χ2n) is 13.1. The third-order valence-electron chi connectivity index (χ3n) is 7.41. The predicted molar refractivity (Wildman–Crippen MR) is 179 cm³/mol. The van der Waals surface area contributed by atoms with Crippen molar-refractivity contribution in [3.05, 3.63) is 50.1 Å². The Morgan fingerprint density at radius 3 is 2.00 bits per heavy atom. The van der Waals surface area contributed by atoms with E-state index >= 15 is 0 Å². The summed E-state index contributed by atoms with van der Waals surface area (Å²) in [5.74, 6) is -6.91. The van der Waals surface area contributed by atoms with Gasteiger partial charge < -0.3 is 33.8 Å². The number of benzene rings is 1. The summed E-state index contributed by atoms with van der Waals surface area (Å²) in [5.41, 5.74) is -2.59. The van der Waals surface area contributed by atoms with Crippen LogP contribution in [0.2, 0.25) is 0 Å². The van der Waals surface area contributed by atoms with Gasteiger partial charge in [0.25, 0.3) is 10.2 Å². The zero-order valence-corrected chi connectivity index (χ0v) is 31.7. The molecular formula is C32H46N4O20. The normalized spacial score (nSPS) is 13.5. The Labute approximate surface area is 319 Å². The van der Waals surface area contributed by atoms with E-state index < -0.39 is 99.7 Å². The molecule has 0 aliphatic carbocycles. The molecule has 1 aromatic rings. The van der Waals surface area contributed by atoms with Gasteiger partial charge in [0.1, 0.15) is 23.0 Å². The van der Waals surface area contributed by atoms with Crippen molar-refractivity contribution < 1.29 is 87.6 Å². The molecular weight excluding hydrogens is 760 g/mol. The second-order valence-corrected chi connectivity index (χ2v) is 13.1. The number of esters is 5. The molecule has 4 atom stereocenters. The standard InChI is InChI=1S/C32H46N4O20/c1-19(27(39)49-14-8-9-15-50-34(43)44)32(6,7)54-26(38)17-31(4,5)55-30(42)24(33-25(37)18-51-35(45)46)16-22-10-12-23(13-11-22)53-28(40)20(2)52-29(41)21(3)56-36(47)48/h10-13,19-21,24,43-44H,8-9,14-18H2,1-7H3,(H,33,37). The average molecular weight is 807 g/mol. The molecule has 24 nitrogen and oxygen atoms in total. The van der Waals surface area contributed by atoms with Gasteiger partial charge in [-0.25, -0.2) is 14.4 Å². The smallest absolute Gasteiger partial charge is 0.352 e. The molecule has 0 spiro atoms. The molecule has 0 aliphatic rings. The van der Waals surface area contributed by atoms with Crippen LogP contribution < -0.4 is 10.1 Å². The molecule has 24 heteroatoms. The van der Waals surface area contributed by atoms with E-state index in [2.05, 4.69) is 19.8 Å². The van der Waals surface area contributed by atoms with Crippen molar-refractivity contribution in [3.63, 3.8) is 0 Å². The highest BCUT2D eigenvalue weighted by molar-refractivity contribution is 5.86. The van der Waals surface area contributed by atoms with Gasteiger partial charge in [-0.1, -0.05) is 12.1 Å². The van der Waals surface area contributed by atoms with Crippen LogP contribution in [-0.2, 0) is 68.6 Å². The minimum atomic E-state index is -1.61. The van der Waals surface area contributed by atoms with E-state index in [0.29, 0.717) is 18.4 Å². The lowest BCUT2D eigenvalue weighted by atomic mass is 9.92. The van der Waals surface area contributed by atoms with Gasteiger partial charge in [-0.05, 0) is 79.0 Å². The molecule has 0 aliphatic heterocycles. The summed E-state index contributed by atoms with van der Waals surface area (Å²) in [6, 6.07) is 3.86. The van der Waals surface area contributed by atoms with Crippen molar-refractivity contribution in [1.29, 1.82) is 0 Å². The summed E-state index contributed by atoms with van der Waals surface area (Å²) in [6.07, 6.45) is -3.22. The summed E-state index contributed by atoms with van der Waals surface area (Å²) in [4.78, 5) is 109. The molecule has 56 heavy (non-hydrogen) atoms. The number of carbonyl (C=O) groups excluding carboxylic acids is 6. The van der Waals surface area contributed by atoms with Crippen LogP contribution in [0.5, 0.6) is 5.75 Å². The van der Waals surface area contributed by atoms with Crippen molar-refractivity contribution in [1.82, 2.24) is 10.7 Å². The van der Waals surface area contributed by atoms with Gasteiger partial charge in [-0.2, -0.15) is 0 Å². The van der Waals surface area contributed by atoms with E-state index in [1.165, 1.54) is 58.9 Å². The monoisotopic (exact) mass is 806 g/mol. The van der Waals surface area contributed by atoms with Crippen LogP contribution in [0.25, 0.3) is 0 Å². The van der Waals surface area contributed by atoms with Crippen molar-refractivity contribution in [2.45, 2.75) is 104 Å². The Morgan fingerprint density at radius 2 is 1.43 bits per heavy atom. The molecule has 1 rings (SSSR count). The molecule has 1 aromatic carbocycles. The first kappa shape index (κ1) is 48.3. The Morgan fingerprint density at radius 1 is 0.821 bits per heavy atom. The number of rotatable bonds is 25. The van der Waals surface area contributed by atoms with E-state index in [1.54, 1.807) is 0 Å². The lowest BCUT2D eigenvalue weighted by Crippen LogP contribution is -2.48. The molecule has 0 heterocycles. The third-order valence-corrected chi connectivity index (χ3v) is 7.41. The lowest BCUT2D eigenvalue weighted by Gasteiger charge is -2.32. The van der Waals surface area contributed by atoms with Crippen molar-refractivity contribution in [2.75, 3.05) is 19.8 Å². The Bertz CT molecular complexity index is 1530. The van der Waals surface area contributed by atoms with E-state index in [-0.39, 0.29) is 25.4 Å². The number of amides is 1. The highest BCUT2D eigenvalue weighted by atomic mass is 17.1. The summed E-state index contributed by atoms with van der Waals surface area (Å²) in [7, 11) is 0. The number of ether oxygens (including phenoxy) is 5. The van der Waals surface area contributed by atoms with Gasteiger partial charge in [-0.3, -0.25) is 34.5 Å². The van der Waals surface area contributed by atoms with Crippen molar-refractivity contribution in [3.8, 4) is 5.75 Å². The molecule has 0 saturated heterocycles. The number of hydrogen-bond donors (Lipinski definition) is 3. The molecule has 0 bridgehead atoms. The van der Waals surface area contributed by atoms with Crippen molar-refractivity contribution >= 4 is 35.8 Å². The Hall–Kier alpha value is -5.72. The van der Waals surface area contributed by atoms with E-state index in [1.807, 2.05) is 0 Å². The van der Waals surface area contributed by atoms with Crippen LogP contribution in [-0.4, -0.2) is 111 Å². The Balaban J connectivity index is 2.93. The maximum Gasteiger partial charge on any atom is 0.352 e. The van der Waals surface area contributed by atoms with Crippen molar-refractivity contribution in [2.24, 2.45) is 5.92 Å². The topological polar surface area (TPSA) is 318 Å². The second kappa shape index (κ2) is 22.6. The maximum absolute atomic E-state index is 13.4. The highest BCUT2D eigenvalue weighted by Crippen LogP contribution is 2.26. The predicted octanol–water partition coefficient (Wildman–Crippen LogP) is 1.36. The number of nitrogens with zero attached hydrogens (tertiary/aromatic N) is 3. The molecule has 0 saturated carbocycles. The van der Waals surface area contributed by atoms with E-state index in [0.717, 1.165) is 13.8 Å². The van der Waals surface area contributed by atoms with Crippen LogP contribution >= 0.6 is 0 Å².